The molecule has 0 atom stereocenters. The first-order valence-electron chi connectivity index (χ1n) is 4.38. The second-order valence-corrected chi connectivity index (χ2v) is 7.31. The molecule has 84 valence electrons. The van der Waals surface area contributed by atoms with Crippen molar-refractivity contribution in [2.75, 3.05) is 5.32 Å². The van der Waals surface area contributed by atoms with Gasteiger partial charge in [0.2, 0.25) is 0 Å². The minimum atomic E-state index is -4.75. The second kappa shape index (κ2) is 4.43. The van der Waals surface area contributed by atoms with E-state index in [9.17, 15) is 3.74 Å². The molecule has 1 heterocycles. The summed E-state index contributed by atoms with van der Waals surface area (Å²) in [7, 11) is 0. The average Bonchev–Trinajstić information content (AvgIpc) is 2.70. The summed E-state index contributed by atoms with van der Waals surface area (Å²) < 4.78 is 29.0. The summed E-state index contributed by atoms with van der Waals surface area (Å²) in [4.78, 5) is 4.04. The predicted molar refractivity (Wildman–Crippen MR) is 62.4 cm³/mol. The first-order valence-corrected chi connectivity index (χ1v) is 8.65. The average molecular weight is 300 g/mol. The van der Waals surface area contributed by atoms with Crippen LogP contribution in [-0.4, -0.2) is 27.3 Å². The van der Waals surface area contributed by atoms with E-state index in [0.717, 1.165) is 10.8 Å². The Kier molecular flexibility index (Phi) is 3.16. The van der Waals surface area contributed by atoms with Gasteiger partial charge in [0.15, 0.2) is 0 Å². The summed E-state index contributed by atoms with van der Waals surface area (Å²) in [6, 6.07) is 6.10. The third-order valence-corrected chi connectivity index (χ3v) is 4.61. The molecule has 0 amide bonds. The quantitative estimate of drug-likeness (QED) is 0.717. The molecule has 0 saturated heterocycles. The van der Waals surface area contributed by atoms with Crippen molar-refractivity contribution in [1.82, 2.24) is 4.98 Å². The van der Waals surface area contributed by atoms with Crippen LogP contribution in [0.1, 0.15) is 0 Å². The number of anilines is 2. The molecule has 1 aromatic heterocycles. The number of thiazole rings is 1. The zero-order valence-electron chi connectivity index (χ0n) is 8.07. The molecule has 16 heavy (non-hydrogen) atoms. The molecule has 7 heteroatoms. The van der Waals surface area contributed by atoms with E-state index in [1.54, 1.807) is 18.3 Å². The van der Waals surface area contributed by atoms with E-state index in [-0.39, 0.29) is 4.35 Å². The number of hydrogen-bond donors (Lipinski definition) is 3. The van der Waals surface area contributed by atoms with Gasteiger partial charge in [-0.1, -0.05) is 0 Å². The van der Waals surface area contributed by atoms with E-state index in [0.29, 0.717) is 0 Å². The summed E-state index contributed by atoms with van der Waals surface area (Å²) in [5.41, 5.74) is 0.752. The first-order chi connectivity index (χ1) is 7.55. The molecule has 0 aliphatic carbocycles. The molecule has 5 nitrogen and oxygen atoms in total. The van der Waals surface area contributed by atoms with E-state index >= 15 is 0 Å². The van der Waals surface area contributed by atoms with Crippen LogP contribution in [0.4, 0.5) is 10.8 Å². The topological polar surface area (TPSA) is 82.5 Å². The van der Waals surface area contributed by atoms with E-state index in [4.69, 9.17) is 8.19 Å². The second-order valence-electron chi connectivity index (χ2n) is 3.05. The number of aromatic nitrogens is 1. The van der Waals surface area contributed by atoms with Crippen LogP contribution in [0.3, 0.4) is 0 Å². The van der Waals surface area contributed by atoms with Gasteiger partial charge < -0.3 is 0 Å². The van der Waals surface area contributed by atoms with Gasteiger partial charge in [-0.05, 0) is 0 Å². The van der Waals surface area contributed by atoms with Crippen molar-refractivity contribution in [3.05, 3.63) is 35.8 Å². The molecule has 2 aromatic rings. The SMILES string of the molecule is O=[As](O)(O)c1ccc(Nc2nccs2)cc1. The van der Waals surface area contributed by atoms with Crippen molar-refractivity contribution in [1.29, 1.82) is 0 Å². The van der Waals surface area contributed by atoms with Crippen LogP contribution in [0.2, 0.25) is 0 Å². The van der Waals surface area contributed by atoms with Gasteiger partial charge >= 0.3 is 98.8 Å². The number of rotatable bonds is 3. The molecular weight excluding hydrogens is 291 g/mol. The van der Waals surface area contributed by atoms with Gasteiger partial charge in [0.25, 0.3) is 0 Å². The van der Waals surface area contributed by atoms with Gasteiger partial charge in [-0.15, -0.1) is 0 Å². The summed E-state index contributed by atoms with van der Waals surface area (Å²) in [5.74, 6) is 0. The van der Waals surface area contributed by atoms with Crippen LogP contribution in [0.25, 0.3) is 0 Å². The van der Waals surface area contributed by atoms with Crippen LogP contribution in [0, 0.1) is 0 Å². The van der Waals surface area contributed by atoms with Gasteiger partial charge in [0, 0.05) is 0 Å². The van der Waals surface area contributed by atoms with Crippen molar-refractivity contribution in [3.8, 4) is 0 Å². The molecule has 1 aromatic carbocycles. The van der Waals surface area contributed by atoms with Crippen LogP contribution in [0.5, 0.6) is 0 Å². The summed E-state index contributed by atoms with van der Waals surface area (Å²) >= 11 is -3.30. The Morgan fingerprint density at radius 2 is 1.94 bits per heavy atom. The Morgan fingerprint density at radius 3 is 2.44 bits per heavy atom. The Hall–Kier alpha value is -1.07. The van der Waals surface area contributed by atoms with Crippen molar-refractivity contribution < 1.29 is 11.9 Å². The third-order valence-electron chi connectivity index (χ3n) is 1.89. The maximum absolute atomic E-state index is 11.0. The van der Waals surface area contributed by atoms with Crippen molar-refractivity contribution in [2.24, 2.45) is 0 Å². The van der Waals surface area contributed by atoms with Crippen LogP contribution in [-0.2, 0) is 3.74 Å². The molecule has 2 rings (SSSR count). The number of nitrogens with zero attached hydrogens (tertiary/aromatic N) is 1. The fourth-order valence-corrected chi connectivity index (χ4v) is 2.82. The minimum absolute atomic E-state index is 0.0720. The van der Waals surface area contributed by atoms with E-state index in [1.807, 2.05) is 5.38 Å². The molecule has 0 bridgehead atoms. The fraction of sp³-hybridized carbons (Fsp3) is 0. The van der Waals surface area contributed by atoms with Crippen LogP contribution in [0.15, 0.2) is 35.8 Å². The Bertz CT molecular complexity index is 506. The van der Waals surface area contributed by atoms with Crippen LogP contribution < -0.4 is 9.67 Å². The fourth-order valence-electron chi connectivity index (χ4n) is 1.15. The predicted octanol–water partition coefficient (Wildman–Crippen LogP) is 0.448. The van der Waals surface area contributed by atoms with Gasteiger partial charge in [-0.25, -0.2) is 0 Å². The Labute approximate surface area is 98.8 Å². The monoisotopic (exact) mass is 300 g/mol. The summed E-state index contributed by atoms with van der Waals surface area (Å²) in [5, 5.41) is 5.61. The summed E-state index contributed by atoms with van der Waals surface area (Å²) in [6.07, 6.45) is 1.68. The normalized spacial score (nSPS) is 11.4. The molecule has 0 spiro atoms. The molecule has 3 N–H and O–H groups in total. The van der Waals surface area contributed by atoms with Gasteiger partial charge in [0.05, 0.1) is 0 Å². The van der Waals surface area contributed by atoms with Crippen molar-refractivity contribution in [2.45, 2.75) is 0 Å². The molecule has 0 saturated carbocycles. The number of nitrogens with one attached hydrogen (secondary N) is 1. The Morgan fingerprint density at radius 1 is 1.25 bits per heavy atom. The van der Waals surface area contributed by atoms with Crippen molar-refractivity contribution >= 4 is 40.7 Å². The molecule has 0 unspecified atom stereocenters. The van der Waals surface area contributed by atoms with Gasteiger partial charge in [-0.3, -0.25) is 0 Å². The van der Waals surface area contributed by atoms with Gasteiger partial charge in [-0.2, -0.15) is 0 Å². The van der Waals surface area contributed by atoms with Gasteiger partial charge in [0.1, 0.15) is 0 Å². The van der Waals surface area contributed by atoms with E-state index < -0.39 is 14.2 Å². The zero-order chi connectivity index (χ0) is 11.6. The zero-order valence-corrected chi connectivity index (χ0v) is 10.8. The van der Waals surface area contributed by atoms with Crippen LogP contribution >= 0.6 is 11.3 Å². The standard InChI is InChI=1S/C9H9AsN2O3S/c13-10(14,15)7-1-3-8(4-2-7)12-9-11-5-6-16-9/h1-6H,(H,11,12)(H2,13,14,15). The number of benzene rings is 1. The van der Waals surface area contributed by atoms with E-state index in [2.05, 4.69) is 10.3 Å². The maximum atomic E-state index is 11.0. The molecule has 0 aliphatic rings. The Balaban J connectivity index is 2.17. The molecule has 0 aliphatic heterocycles. The molecular formula is C9H9AsN2O3S. The van der Waals surface area contributed by atoms with E-state index in [1.165, 1.54) is 23.5 Å². The molecule has 0 fully saturated rings. The van der Waals surface area contributed by atoms with Crippen molar-refractivity contribution in [3.63, 3.8) is 0 Å². The third kappa shape index (κ3) is 2.74. The molecule has 0 radical (unpaired) electrons. The number of hydrogen-bond acceptors (Lipinski definition) is 4. The first kappa shape index (κ1) is 11.4. The summed E-state index contributed by atoms with van der Waals surface area (Å²) in [6.45, 7) is 0.